The summed E-state index contributed by atoms with van der Waals surface area (Å²) in [6.07, 6.45) is 6.44. The molecule has 1 heterocycles. The predicted molar refractivity (Wildman–Crippen MR) is 41.3 cm³/mol. The van der Waals surface area contributed by atoms with Crippen molar-refractivity contribution in [1.82, 2.24) is 0 Å². The van der Waals surface area contributed by atoms with Gasteiger partial charge in [-0.1, -0.05) is 19.6 Å². The molecule has 0 N–H and O–H groups in total. The summed E-state index contributed by atoms with van der Waals surface area (Å²) in [5.74, 6) is 1.69. The monoisotopic (exact) mass is 136 g/mol. The van der Waals surface area contributed by atoms with E-state index in [1.807, 2.05) is 12.2 Å². The summed E-state index contributed by atoms with van der Waals surface area (Å²) in [6, 6.07) is 0. The Morgan fingerprint density at radius 1 is 1.60 bits per heavy atom. The molecule has 0 aromatic heterocycles. The maximum Gasteiger partial charge on any atom is 0.133 e. The third-order valence-corrected chi connectivity index (χ3v) is 1.25. The molecule has 0 saturated heterocycles. The molecule has 0 aliphatic carbocycles. The van der Waals surface area contributed by atoms with Crippen LogP contribution < -0.4 is 0 Å². The predicted octanol–water partition coefficient (Wildman–Crippen LogP) is 2.62. The fraction of sp³-hybridized carbons (Fsp3) is 0.444. The average Bonchev–Trinajstić information content (AvgIpc) is 1.88. The van der Waals surface area contributed by atoms with Gasteiger partial charge in [-0.05, 0) is 18.1 Å². The molecule has 1 nitrogen and oxygen atoms in total. The van der Waals surface area contributed by atoms with Crippen LogP contribution in [0.2, 0.25) is 0 Å². The van der Waals surface area contributed by atoms with Gasteiger partial charge >= 0.3 is 0 Å². The zero-order valence-corrected chi connectivity index (χ0v) is 6.42. The van der Waals surface area contributed by atoms with Gasteiger partial charge in [0.05, 0.1) is 0 Å². The van der Waals surface area contributed by atoms with Crippen LogP contribution in [0.4, 0.5) is 0 Å². The molecule has 0 fully saturated rings. The molecular formula is C9H12O. The Balaban J connectivity index is 2.45. The van der Waals surface area contributed by atoms with E-state index in [-0.39, 0.29) is 0 Å². The van der Waals surface area contributed by atoms with Gasteiger partial charge in [0.2, 0.25) is 0 Å². The van der Waals surface area contributed by atoms with Gasteiger partial charge in [-0.25, -0.2) is 0 Å². The Hall–Kier alpha value is -0.940. The van der Waals surface area contributed by atoms with Gasteiger partial charge in [0.1, 0.15) is 12.0 Å². The highest BCUT2D eigenvalue weighted by atomic mass is 16.5. The summed E-state index contributed by atoms with van der Waals surface area (Å²) in [6.45, 7) is 4.35. The second-order valence-corrected chi connectivity index (χ2v) is 2.80. The van der Waals surface area contributed by atoms with Gasteiger partial charge in [0, 0.05) is 6.42 Å². The van der Waals surface area contributed by atoms with E-state index in [1.54, 1.807) is 6.26 Å². The topological polar surface area (TPSA) is 9.23 Å². The van der Waals surface area contributed by atoms with Crippen LogP contribution in [0.5, 0.6) is 0 Å². The number of rotatable bonds is 2. The minimum atomic E-state index is 0.658. The van der Waals surface area contributed by atoms with Crippen molar-refractivity contribution in [3.8, 4) is 0 Å². The summed E-state index contributed by atoms with van der Waals surface area (Å²) in [5.41, 5.74) is 2.84. The second-order valence-electron chi connectivity index (χ2n) is 2.80. The molecule has 0 saturated carbocycles. The van der Waals surface area contributed by atoms with Crippen molar-refractivity contribution in [2.24, 2.45) is 5.92 Å². The molecule has 0 spiro atoms. The minimum Gasteiger partial charge on any atom is -0.461 e. The van der Waals surface area contributed by atoms with Crippen LogP contribution in [0, 0.1) is 5.92 Å². The van der Waals surface area contributed by atoms with Crippen LogP contribution in [0.15, 0.2) is 29.9 Å². The molecule has 0 amide bonds. The van der Waals surface area contributed by atoms with Gasteiger partial charge in [0.25, 0.3) is 0 Å². The van der Waals surface area contributed by atoms with Gasteiger partial charge in [0.15, 0.2) is 0 Å². The van der Waals surface area contributed by atoms with E-state index in [2.05, 4.69) is 19.6 Å². The molecule has 0 unspecified atom stereocenters. The first-order chi connectivity index (χ1) is 4.79. The molecule has 10 heavy (non-hydrogen) atoms. The van der Waals surface area contributed by atoms with E-state index in [0.29, 0.717) is 5.92 Å². The molecule has 1 heteroatoms. The Morgan fingerprint density at radius 3 is 2.90 bits per heavy atom. The van der Waals surface area contributed by atoms with Crippen molar-refractivity contribution in [1.29, 1.82) is 0 Å². The first kappa shape index (κ1) is 7.17. The van der Waals surface area contributed by atoms with Crippen molar-refractivity contribution >= 4 is 0 Å². The molecule has 1 aliphatic rings. The Bertz CT molecular complexity index is 193. The minimum absolute atomic E-state index is 0.658. The van der Waals surface area contributed by atoms with Crippen LogP contribution in [-0.4, -0.2) is 0 Å². The molecule has 0 atom stereocenters. The molecule has 0 radical (unpaired) electrons. The van der Waals surface area contributed by atoms with E-state index in [1.165, 1.54) is 0 Å². The smallest absolute Gasteiger partial charge is 0.133 e. The fourth-order valence-corrected chi connectivity index (χ4v) is 0.848. The lowest BCUT2D eigenvalue weighted by Crippen LogP contribution is -1.93. The van der Waals surface area contributed by atoms with E-state index in [4.69, 9.17) is 4.74 Å². The van der Waals surface area contributed by atoms with Gasteiger partial charge in [-0.3, -0.25) is 0 Å². The zero-order chi connectivity index (χ0) is 7.40. The second kappa shape index (κ2) is 3.28. The highest BCUT2D eigenvalue weighted by Gasteiger charge is 2.00. The lowest BCUT2D eigenvalue weighted by Gasteiger charge is -2.08. The lowest BCUT2D eigenvalue weighted by molar-refractivity contribution is 0.315. The summed E-state index contributed by atoms with van der Waals surface area (Å²) in [5, 5.41) is 0. The van der Waals surface area contributed by atoms with Crippen LogP contribution in [0.25, 0.3) is 0 Å². The first-order valence-corrected chi connectivity index (χ1v) is 3.56. The standard InChI is InChI=1S/C9H12O/c1-8(2)7-9-5-3-4-6-10-9/h3,5-6,8H,7H2,1-2H3. The summed E-state index contributed by atoms with van der Waals surface area (Å²) in [4.78, 5) is 0. The van der Waals surface area contributed by atoms with E-state index < -0.39 is 0 Å². The van der Waals surface area contributed by atoms with E-state index >= 15 is 0 Å². The van der Waals surface area contributed by atoms with Crippen LogP contribution in [-0.2, 0) is 4.74 Å². The third-order valence-electron chi connectivity index (χ3n) is 1.25. The zero-order valence-electron chi connectivity index (χ0n) is 6.42. The molecule has 0 bridgehead atoms. The summed E-state index contributed by atoms with van der Waals surface area (Å²) in [7, 11) is 0. The maximum atomic E-state index is 5.18. The van der Waals surface area contributed by atoms with Gasteiger partial charge in [-0.15, -0.1) is 0 Å². The molecule has 1 aliphatic heterocycles. The maximum absolute atomic E-state index is 5.18. The highest BCUT2D eigenvalue weighted by molar-refractivity contribution is 5.11. The molecule has 0 aromatic carbocycles. The Morgan fingerprint density at radius 2 is 2.40 bits per heavy atom. The van der Waals surface area contributed by atoms with Crippen LogP contribution in [0.1, 0.15) is 20.3 Å². The quantitative estimate of drug-likeness (QED) is 0.530. The van der Waals surface area contributed by atoms with Crippen molar-refractivity contribution in [2.75, 3.05) is 0 Å². The average molecular weight is 136 g/mol. The number of allylic oxidation sites excluding steroid dienone is 3. The molecule has 0 aromatic rings. The normalized spacial score (nSPS) is 15.3. The van der Waals surface area contributed by atoms with Gasteiger partial charge < -0.3 is 4.74 Å². The van der Waals surface area contributed by atoms with Crippen molar-refractivity contribution in [2.45, 2.75) is 20.3 Å². The van der Waals surface area contributed by atoms with E-state index in [9.17, 15) is 0 Å². The largest absolute Gasteiger partial charge is 0.461 e. The van der Waals surface area contributed by atoms with Crippen LogP contribution in [0.3, 0.4) is 0 Å². The molecule has 54 valence electrons. The first-order valence-electron chi connectivity index (χ1n) is 3.56. The molecule has 1 rings (SSSR count). The van der Waals surface area contributed by atoms with Gasteiger partial charge in [-0.2, -0.15) is 0 Å². The summed E-state index contributed by atoms with van der Waals surface area (Å²) < 4.78 is 5.18. The molecular weight excluding hydrogens is 124 g/mol. The Labute approximate surface area is 61.7 Å². The fourth-order valence-electron chi connectivity index (χ4n) is 0.848. The SMILES string of the molecule is CC(C)CC1=CC=C=CO1. The number of hydrogen-bond donors (Lipinski definition) is 0. The van der Waals surface area contributed by atoms with E-state index in [0.717, 1.165) is 12.2 Å². The van der Waals surface area contributed by atoms with Crippen LogP contribution >= 0.6 is 0 Å². The van der Waals surface area contributed by atoms with Crippen molar-refractivity contribution in [3.05, 3.63) is 29.9 Å². The lowest BCUT2D eigenvalue weighted by atomic mass is 10.1. The summed E-state index contributed by atoms with van der Waals surface area (Å²) >= 11 is 0. The highest BCUT2D eigenvalue weighted by Crippen LogP contribution is 2.13. The third kappa shape index (κ3) is 2.12. The number of hydrogen-bond acceptors (Lipinski definition) is 1. The Kier molecular flexibility index (Phi) is 2.35. The van der Waals surface area contributed by atoms with Crippen molar-refractivity contribution in [3.63, 3.8) is 0 Å². The number of ether oxygens (including phenoxy) is 1. The van der Waals surface area contributed by atoms with Crippen molar-refractivity contribution < 1.29 is 4.74 Å².